The lowest BCUT2D eigenvalue weighted by molar-refractivity contribution is -0.0429. The number of hydrogen-bond donors (Lipinski definition) is 2. The number of H-pyrrole nitrogens is 1. The van der Waals surface area contributed by atoms with Crippen molar-refractivity contribution >= 4 is 32.5 Å². The second-order valence-corrected chi connectivity index (χ2v) is 8.72. The van der Waals surface area contributed by atoms with E-state index in [0.717, 1.165) is 11.1 Å². The van der Waals surface area contributed by atoms with Crippen molar-refractivity contribution in [1.82, 2.24) is 9.97 Å². The van der Waals surface area contributed by atoms with Gasteiger partial charge in [0, 0.05) is 16.8 Å². The first kappa shape index (κ1) is 21.6. The molecule has 6 nitrogen and oxygen atoms in total. The van der Waals surface area contributed by atoms with Crippen molar-refractivity contribution in [3.05, 3.63) is 72.3 Å². The quantitative estimate of drug-likeness (QED) is 0.393. The summed E-state index contributed by atoms with van der Waals surface area (Å²) in [5, 5.41) is 0. The molecule has 0 atom stereocenters. The standard InChI is InChI=1S/C22H16F3N3O3S/c1-13(29)17-4-2-3-5-18(17)15-8-11-19-20(12-15)27-21(26-19)14-6-9-16(10-7-14)28-32(30,31)22(23,24)25/h2-12,28H,1H3,(H,26,27). The van der Waals surface area contributed by atoms with Gasteiger partial charge in [0.2, 0.25) is 0 Å². The maximum absolute atomic E-state index is 12.5. The molecule has 2 N–H and O–H groups in total. The van der Waals surface area contributed by atoms with E-state index in [4.69, 9.17) is 0 Å². The molecule has 0 aliphatic rings. The molecule has 0 fully saturated rings. The zero-order chi connectivity index (χ0) is 23.1. The molecular formula is C22H16F3N3O3S. The van der Waals surface area contributed by atoms with E-state index in [0.29, 0.717) is 28.0 Å². The zero-order valence-corrected chi connectivity index (χ0v) is 17.4. The molecule has 0 unspecified atom stereocenters. The van der Waals surface area contributed by atoms with Crippen LogP contribution in [0.25, 0.3) is 33.5 Å². The molecule has 1 aromatic heterocycles. The number of hydrogen-bond acceptors (Lipinski definition) is 4. The first-order chi connectivity index (χ1) is 15.0. The Bertz CT molecular complexity index is 1430. The molecule has 4 rings (SSSR count). The highest BCUT2D eigenvalue weighted by Crippen LogP contribution is 2.30. The van der Waals surface area contributed by atoms with Gasteiger partial charge in [-0.2, -0.15) is 21.6 Å². The summed E-state index contributed by atoms with van der Waals surface area (Å²) in [5.41, 5.74) is -1.47. The van der Waals surface area contributed by atoms with Crippen molar-refractivity contribution in [3.63, 3.8) is 0 Å². The molecule has 3 aromatic carbocycles. The summed E-state index contributed by atoms with van der Waals surface area (Å²) in [6, 6.07) is 18.1. The maximum Gasteiger partial charge on any atom is 0.516 e. The van der Waals surface area contributed by atoms with Crippen LogP contribution in [0.3, 0.4) is 0 Å². The van der Waals surface area contributed by atoms with Gasteiger partial charge in [-0.25, -0.2) is 4.98 Å². The van der Waals surface area contributed by atoms with E-state index in [1.807, 2.05) is 24.3 Å². The molecule has 0 aliphatic heterocycles. The summed E-state index contributed by atoms with van der Waals surface area (Å²) >= 11 is 0. The van der Waals surface area contributed by atoms with Crippen LogP contribution in [0.5, 0.6) is 0 Å². The van der Waals surface area contributed by atoms with Crippen molar-refractivity contribution in [3.8, 4) is 22.5 Å². The Morgan fingerprint density at radius 3 is 2.28 bits per heavy atom. The van der Waals surface area contributed by atoms with Gasteiger partial charge in [-0.15, -0.1) is 0 Å². The first-order valence-electron chi connectivity index (χ1n) is 9.35. The SMILES string of the molecule is CC(=O)c1ccccc1-c1ccc2nc(-c3ccc(NS(=O)(=O)C(F)(F)F)cc3)[nH]c2c1. The largest absolute Gasteiger partial charge is 0.516 e. The highest BCUT2D eigenvalue weighted by molar-refractivity contribution is 7.93. The summed E-state index contributed by atoms with van der Waals surface area (Å²) in [6.07, 6.45) is 0. The van der Waals surface area contributed by atoms with Crippen molar-refractivity contribution in [2.24, 2.45) is 0 Å². The number of benzene rings is 3. The second-order valence-electron chi connectivity index (χ2n) is 7.05. The fourth-order valence-corrected chi connectivity index (χ4v) is 3.83. The van der Waals surface area contributed by atoms with Crippen LogP contribution in [0.4, 0.5) is 18.9 Å². The number of ketones is 1. The molecule has 32 heavy (non-hydrogen) atoms. The number of rotatable bonds is 5. The maximum atomic E-state index is 12.5. The Balaban J connectivity index is 1.65. The van der Waals surface area contributed by atoms with Crippen LogP contribution in [-0.2, 0) is 10.0 Å². The van der Waals surface area contributed by atoms with E-state index in [2.05, 4.69) is 9.97 Å². The van der Waals surface area contributed by atoms with Gasteiger partial charge in [-0.3, -0.25) is 9.52 Å². The minimum Gasteiger partial charge on any atom is -0.338 e. The van der Waals surface area contributed by atoms with E-state index < -0.39 is 15.5 Å². The number of aromatic amines is 1. The number of carbonyl (C=O) groups is 1. The van der Waals surface area contributed by atoms with Gasteiger partial charge < -0.3 is 4.98 Å². The molecule has 4 aromatic rings. The van der Waals surface area contributed by atoms with Gasteiger partial charge in [0.25, 0.3) is 0 Å². The second kappa shape index (κ2) is 7.79. The third kappa shape index (κ3) is 4.09. The highest BCUT2D eigenvalue weighted by Gasteiger charge is 2.46. The van der Waals surface area contributed by atoms with Crippen LogP contribution in [-0.4, -0.2) is 29.7 Å². The lowest BCUT2D eigenvalue weighted by Gasteiger charge is -2.10. The number of nitrogens with one attached hydrogen (secondary N) is 2. The molecule has 0 spiro atoms. The number of imidazole rings is 1. The lowest BCUT2D eigenvalue weighted by Crippen LogP contribution is -2.29. The molecule has 164 valence electrons. The van der Waals surface area contributed by atoms with Crippen LogP contribution in [0.1, 0.15) is 17.3 Å². The van der Waals surface area contributed by atoms with Gasteiger partial charge in [-0.05, 0) is 54.4 Å². The predicted octanol–water partition coefficient (Wildman–Crippen LogP) is 5.36. The summed E-state index contributed by atoms with van der Waals surface area (Å²) in [7, 11) is -5.49. The average Bonchev–Trinajstić information content (AvgIpc) is 3.16. The molecule has 0 aliphatic carbocycles. The number of fused-ring (bicyclic) bond motifs is 1. The van der Waals surface area contributed by atoms with E-state index in [1.54, 1.807) is 18.2 Å². The molecule has 0 saturated heterocycles. The van der Waals surface area contributed by atoms with Gasteiger partial charge in [0.05, 0.1) is 11.0 Å². The Labute approximate surface area is 181 Å². The van der Waals surface area contributed by atoms with Crippen LogP contribution in [0.2, 0.25) is 0 Å². The third-order valence-electron chi connectivity index (χ3n) is 4.81. The first-order valence-corrected chi connectivity index (χ1v) is 10.8. The normalized spacial score (nSPS) is 12.1. The topological polar surface area (TPSA) is 91.9 Å². The molecule has 0 saturated carbocycles. The molecule has 1 heterocycles. The summed E-state index contributed by atoms with van der Waals surface area (Å²) < 4.78 is 61.5. The van der Waals surface area contributed by atoms with E-state index in [1.165, 1.54) is 35.9 Å². The number of aromatic nitrogens is 2. The fraction of sp³-hybridized carbons (Fsp3) is 0.0909. The van der Waals surface area contributed by atoms with Crippen molar-refractivity contribution in [2.45, 2.75) is 12.4 Å². The summed E-state index contributed by atoms with van der Waals surface area (Å²) in [4.78, 5) is 19.6. The van der Waals surface area contributed by atoms with Crippen molar-refractivity contribution in [2.75, 3.05) is 4.72 Å². The number of nitrogens with zero attached hydrogens (tertiary/aromatic N) is 1. The summed E-state index contributed by atoms with van der Waals surface area (Å²) in [5.74, 6) is 0.412. The molecular weight excluding hydrogens is 443 g/mol. The smallest absolute Gasteiger partial charge is 0.338 e. The van der Waals surface area contributed by atoms with Crippen LogP contribution >= 0.6 is 0 Å². The fourth-order valence-electron chi connectivity index (χ4n) is 3.26. The van der Waals surface area contributed by atoms with E-state index in [9.17, 15) is 26.4 Å². The van der Waals surface area contributed by atoms with E-state index in [-0.39, 0.29) is 11.5 Å². The van der Waals surface area contributed by atoms with Gasteiger partial charge >= 0.3 is 15.5 Å². The predicted molar refractivity (Wildman–Crippen MR) is 116 cm³/mol. The highest BCUT2D eigenvalue weighted by atomic mass is 32.2. The zero-order valence-electron chi connectivity index (χ0n) is 16.6. The molecule has 0 amide bonds. The van der Waals surface area contributed by atoms with Gasteiger partial charge in [0.1, 0.15) is 5.82 Å². The third-order valence-corrected chi connectivity index (χ3v) is 5.93. The average molecular weight is 459 g/mol. The number of sulfonamides is 1. The molecule has 10 heteroatoms. The van der Waals surface area contributed by atoms with Crippen LogP contribution in [0.15, 0.2) is 66.7 Å². The summed E-state index contributed by atoms with van der Waals surface area (Å²) in [6.45, 7) is 1.50. The van der Waals surface area contributed by atoms with Gasteiger partial charge in [0.15, 0.2) is 5.78 Å². The minimum atomic E-state index is -5.49. The van der Waals surface area contributed by atoms with Crippen LogP contribution in [0, 0.1) is 0 Å². The van der Waals surface area contributed by atoms with Crippen molar-refractivity contribution in [1.29, 1.82) is 0 Å². The Morgan fingerprint density at radius 1 is 0.969 bits per heavy atom. The minimum absolute atomic E-state index is 0.0489. The number of Topliss-reactive ketones (excluding diaryl/α,β-unsaturated/α-hetero) is 1. The molecule has 0 bridgehead atoms. The molecule has 0 radical (unpaired) electrons. The number of alkyl halides is 3. The van der Waals surface area contributed by atoms with Gasteiger partial charge in [-0.1, -0.05) is 30.3 Å². The van der Waals surface area contributed by atoms with Crippen LogP contribution < -0.4 is 4.72 Å². The Hall–Kier alpha value is -3.66. The Kier molecular flexibility index (Phi) is 5.25. The van der Waals surface area contributed by atoms with Crippen molar-refractivity contribution < 1.29 is 26.4 Å². The number of carbonyl (C=O) groups excluding carboxylic acids is 1. The van der Waals surface area contributed by atoms with E-state index >= 15 is 0 Å². The number of halogens is 3. The number of anilines is 1. The monoisotopic (exact) mass is 459 g/mol. The Morgan fingerprint density at radius 2 is 1.62 bits per heavy atom. The lowest BCUT2D eigenvalue weighted by atomic mass is 9.97.